The van der Waals surface area contributed by atoms with Crippen LogP contribution in [0, 0.1) is 5.92 Å². The number of carbonyl (C=O) groups excluding carboxylic acids is 1. The summed E-state index contributed by atoms with van der Waals surface area (Å²) in [5, 5.41) is 6.92. The number of aliphatic imine (C=N–C) groups is 1. The van der Waals surface area contributed by atoms with E-state index in [2.05, 4.69) is 46.8 Å². The molecule has 0 unspecified atom stereocenters. The Kier molecular flexibility index (Phi) is 7.29. The van der Waals surface area contributed by atoms with Gasteiger partial charge in [-0.15, -0.1) is 0 Å². The number of carbonyl (C=O) groups is 1. The highest BCUT2D eigenvalue weighted by molar-refractivity contribution is 5.80. The summed E-state index contributed by atoms with van der Waals surface area (Å²) in [6.45, 7) is 8.53. The smallest absolute Gasteiger partial charge is 0.225 e. The number of guanidine groups is 1. The van der Waals surface area contributed by atoms with Crippen molar-refractivity contribution in [2.45, 2.75) is 52.6 Å². The van der Waals surface area contributed by atoms with E-state index in [-0.39, 0.29) is 11.8 Å². The standard InChI is InChI=1S/C20H32N4O/c1-5-16-8-6-7-9-17(16)14-22-20(21-4)23-18-10-12-24(13-11-18)19(25)15(2)3/h6-9,15,18H,5,10-14H2,1-4H3,(H2,21,22,23). The minimum Gasteiger partial charge on any atom is -0.354 e. The Labute approximate surface area is 151 Å². The van der Waals surface area contributed by atoms with E-state index < -0.39 is 0 Å². The van der Waals surface area contributed by atoms with Crippen molar-refractivity contribution in [2.75, 3.05) is 20.1 Å². The second-order valence-electron chi connectivity index (χ2n) is 6.95. The second kappa shape index (κ2) is 9.44. The Hall–Kier alpha value is -2.04. The van der Waals surface area contributed by atoms with Crippen LogP contribution in [0.15, 0.2) is 29.3 Å². The van der Waals surface area contributed by atoms with E-state index in [0.29, 0.717) is 6.04 Å². The van der Waals surface area contributed by atoms with Crippen LogP contribution in [0.1, 0.15) is 44.7 Å². The molecular weight excluding hydrogens is 312 g/mol. The number of likely N-dealkylation sites (tertiary alicyclic amines) is 1. The molecule has 0 aliphatic carbocycles. The molecule has 1 aromatic rings. The number of benzene rings is 1. The maximum absolute atomic E-state index is 12.1. The van der Waals surface area contributed by atoms with Crippen LogP contribution in [0.3, 0.4) is 0 Å². The van der Waals surface area contributed by atoms with Gasteiger partial charge >= 0.3 is 0 Å². The largest absolute Gasteiger partial charge is 0.354 e. The van der Waals surface area contributed by atoms with Gasteiger partial charge in [-0.2, -0.15) is 0 Å². The van der Waals surface area contributed by atoms with Crippen LogP contribution in [0.4, 0.5) is 0 Å². The minimum absolute atomic E-state index is 0.0811. The summed E-state index contributed by atoms with van der Waals surface area (Å²) in [7, 11) is 1.80. The fourth-order valence-corrected chi connectivity index (χ4v) is 3.25. The van der Waals surface area contributed by atoms with Gasteiger partial charge in [0.2, 0.25) is 5.91 Å². The van der Waals surface area contributed by atoms with Crippen molar-refractivity contribution < 1.29 is 4.79 Å². The predicted octanol–water partition coefficient (Wildman–Crippen LogP) is 2.56. The van der Waals surface area contributed by atoms with Crippen LogP contribution in [-0.2, 0) is 17.8 Å². The molecule has 0 saturated carbocycles. The SMILES string of the molecule is CCc1ccccc1CNC(=NC)NC1CCN(C(=O)C(C)C)CC1. The lowest BCUT2D eigenvalue weighted by atomic mass is 10.0. The van der Waals surface area contributed by atoms with Crippen LogP contribution < -0.4 is 10.6 Å². The molecule has 5 nitrogen and oxygen atoms in total. The Bertz CT molecular complexity index is 589. The van der Waals surface area contributed by atoms with Gasteiger partial charge < -0.3 is 15.5 Å². The van der Waals surface area contributed by atoms with Crippen LogP contribution in [0.2, 0.25) is 0 Å². The first-order chi connectivity index (χ1) is 12.0. The number of rotatable bonds is 5. The molecule has 1 aliphatic heterocycles. The summed E-state index contributed by atoms with van der Waals surface area (Å²) in [6.07, 6.45) is 2.96. The highest BCUT2D eigenvalue weighted by atomic mass is 16.2. The first kappa shape index (κ1) is 19.3. The number of hydrogen-bond donors (Lipinski definition) is 2. The molecule has 5 heteroatoms. The highest BCUT2D eigenvalue weighted by Gasteiger charge is 2.24. The van der Waals surface area contributed by atoms with Gasteiger partial charge in [0.15, 0.2) is 5.96 Å². The summed E-state index contributed by atoms with van der Waals surface area (Å²) in [5.74, 6) is 1.18. The Morgan fingerprint density at radius 1 is 1.24 bits per heavy atom. The molecule has 1 heterocycles. The van der Waals surface area contributed by atoms with E-state index in [0.717, 1.165) is 44.9 Å². The van der Waals surface area contributed by atoms with Gasteiger partial charge in [0.25, 0.3) is 0 Å². The molecular formula is C20H32N4O. The number of nitrogens with one attached hydrogen (secondary N) is 2. The number of amides is 1. The van der Waals surface area contributed by atoms with Crippen molar-refractivity contribution in [3.63, 3.8) is 0 Å². The molecule has 1 fully saturated rings. The summed E-state index contributed by atoms with van der Waals surface area (Å²) in [4.78, 5) is 18.4. The number of nitrogens with zero attached hydrogens (tertiary/aromatic N) is 2. The first-order valence-corrected chi connectivity index (χ1v) is 9.37. The van der Waals surface area contributed by atoms with Crippen molar-refractivity contribution in [1.82, 2.24) is 15.5 Å². The zero-order chi connectivity index (χ0) is 18.2. The summed E-state index contributed by atoms with van der Waals surface area (Å²) in [5.41, 5.74) is 2.68. The van der Waals surface area contributed by atoms with Crippen LogP contribution in [-0.4, -0.2) is 42.9 Å². The van der Waals surface area contributed by atoms with Gasteiger partial charge in [0.1, 0.15) is 0 Å². The normalized spacial score (nSPS) is 16.2. The molecule has 0 aromatic heterocycles. The summed E-state index contributed by atoms with van der Waals surface area (Å²) < 4.78 is 0. The van der Waals surface area contributed by atoms with Crippen LogP contribution in [0.5, 0.6) is 0 Å². The van der Waals surface area contributed by atoms with Crippen molar-refractivity contribution in [3.05, 3.63) is 35.4 Å². The van der Waals surface area contributed by atoms with Gasteiger partial charge in [-0.25, -0.2) is 0 Å². The lowest BCUT2D eigenvalue weighted by Crippen LogP contribution is -2.50. The molecule has 0 atom stereocenters. The quantitative estimate of drug-likeness (QED) is 0.637. The van der Waals surface area contributed by atoms with Gasteiger partial charge in [-0.3, -0.25) is 9.79 Å². The van der Waals surface area contributed by atoms with Crippen LogP contribution in [0.25, 0.3) is 0 Å². The molecule has 1 aromatic carbocycles. The van der Waals surface area contributed by atoms with Gasteiger partial charge in [0.05, 0.1) is 0 Å². The lowest BCUT2D eigenvalue weighted by molar-refractivity contribution is -0.135. The van der Waals surface area contributed by atoms with E-state index in [9.17, 15) is 4.79 Å². The van der Waals surface area contributed by atoms with E-state index >= 15 is 0 Å². The number of hydrogen-bond acceptors (Lipinski definition) is 2. The summed E-state index contributed by atoms with van der Waals surface area (Å²) >= 11 is 0. The van der Waals surface area contributed by atoms with Gasteiger partial charge in [-0.1, -0.05) is 45.0 Å². The zero-order valence-electron chi connectivity index (χ0n) is 16.0. The predicted molar refractivity (Wildman–Crippen MR) is 104 cm³/mol. The van der Waals surface area contributed by atoms with E-state index in [4.69, 9.17) is 0 Å². The maximum Gasteiger partial charge on any atom is 0.225 e. The van der Waals surface area contributed by atoms with E-state index in [1.54, 1.807) is 7.05 Å². The average molecular weight is 345 g/mol. The topological polar surface area (TPSA) is 56.7 Å². The molecule has 25 heavy (non-hydrogen) atoms. The third-order valence-electron chi connectivity index (χ3n) is 4.81. The molecule has 1 aliphatic rings. The zero-order valence-corrected chi connectivity index (χ0v) is 16.0. The van der Waals surface area contributed by atoms with Gasteiger partial charge in [0, 0.05) is 38.6 Å². The maximum atomic E-state index is 12.1. The molecule has 0 bridgehead atoms. The highest BCUT2D eigenvalue weighted by Crippen LogP contribution is 2.13. The van der Waals surface area contributed by atoms with Crippen molar-refractivity contribution in [3.8, 4) is 0 Å². The Balaban J connectivity index is 1.82. The fourth-order valence-electron chi connectivity index (χ4n) is 3.25. The summed E-state index contributed by atoms with van der Waals surface area (Å²) in [6, 6.07) is 8.86. The molecule has 2 N–H and O–H groups in total. The van der Waals surface area contributed by atoms with Gasteiger partial charge in [-0.05, 0) is 30.4 Å². The molecule has 0 spiro atoms. The Morgan fingerprint density at radius 2 is 1.88 bits per heavy atom. The molecule has 2 rings (SSSR count). The van der Waals surface area contributed by atoms with Crippen molar-refractivity contribution in [2.24, 2.45) is 10.9 Å². The van der Waals surface area contributed by atoms with Crippen molar-refractivity contribution in [1.29, 1.82) is 0 Å². The van der Waals surface area contributed by atoms with Crippen LogP contribution >= 0.6 is 0 Å². The molecule has 1 amide bonds. The third kappa shape index (κ3) is 5.48. The number of piperidine rings is 1. The second-order valence-corrected chi connectivity index (χ2v) is 6.95. The number of aryl methyl sites for hydroxylation is 1. The minimum atomic E-state index is 0.0811. The van der Waals surface area contributed by atoms with Crippen molar-refractivity contribution >= 4 is 11.9 Å². The van der Waals surface area contributed by atoms with E-state index in [1.165, 1.54) is 11.1 Å². The Morgan fingerprint density at radius 3 is 2.44 bits per heavy atom. The average Bonchev–Trinajstić information content (AvgIpc) is 2.65. The molecule has 0 radical (unpaired) electrons. The third-order valence-corrected chi connectivity index (χ3v) is 4.81. The molecule has 1 saturated heterocycles. The molecule has 138 valence electrons. The first-order valence-electron chi connectivity index (χ1n) is 9.37. The monoisotopic (exact) mass is 344 g/mol. The van der Waals surface area contributed by atoms with E-state index in [1.807, 2.05) is 18.7 Å². The fraction of sp³-hybridized carbons (Fsp3) is 0.600. The lowest BCUT2D eigenvalue weighted by Gasteiger charge is -2.34.